The summed E-state index contributed by atoms with van der Waals surface area (Å²) in [6.07, 6.45) is 0.814. The Morgan fingerprint density at radius 1 is 1.35 bits per heavy atom. The molecule has 0 unspecified atom stereocenters. The Hall–Kier alpha value is -0.860. The van der Waals surface area contributed by atoms with Gasteiger partial charge in [0.25, 0.3) is 0 Å². The SMILES string of the molecule is Cc1cccc([C@@]2(O)C[C@H](C)N(C)C[C@@H]2C)c1. The van der Waals surface area contributed by atoms with E-state index < -0.39 is 5.60 Å². The number of aliphatic hydroxyl groups is 1. The molecule has 0 radical (unpaired) electrons. The molecule has 17 heavy (non-hydrogen) atoms. The smallest absolute Gasteiger partial charge is 0.0949 e. The van der Waals surface area contributed by atoms with Crippen LogP contribution in [-0.2, 0) is 5.60 Å². The molecule has 1 aromatic carbocycles. The summed E-state index contributed by atoms with van der Waals surface area (Å²) in [4.78, 5) is 2.33. The third-order valence-corrected chi connectivity index (χ3v) is 4.25. The number of benzene rings is 1. The average molecular weight is 233 g/mol. The minimum absolute atomic E-state index is 0.269. The molecule has 0 bridgehead atoms. The monoisotopic (exact) mass is 233 g/mol. The van der Waals surface area contributed by atoms with Crippen LogP contribution in [0.15, 0.2) is 24.3 Å². The second-order valence-corrected chi connectivity index (χ2v) is 5.69. The zero-order chi connectivity index (χ0) is 12.6. The van der Waals surface area contributed by atoms with E-state index in [0.29, 0.717) is 6.04 Å². The zero-order valence-corrected chi connectivity index (χ0v) is 11.3. The van der Waals surface area contributed by atoms with Gasteiger partial charge in [-0.25, -0.2) is 0 Å². The molecule has 1 aromatic rings. The summed E-state index contributed by atoms with van der Waals surface area (Å²) in [5, 5.41) is 11.0. The van der Waals surface area contributed by atoms with Crippen LogP contribution in [0.4, 0.5) is 0 Å². The largest absolute Gasteiger partial charge is 0.385 e. The van der Waals surface area contributed by atoms with Gasteiger partial charge in [-0.15, -0.1) is 0 Å². The van der Waals surface area contributed by atoms with Crippen molar-refractivity contribution in [3.63, 3.8) is 0 Å². The number of hydrogen-bond donors (Lipinski definition) is 1. The Balaban J connectivity index is 2.35. The van der Waals surface area contributed by atoms with Crippen molar-refractivity contribution in [3.05, 3.63) is 35.4 Å². The van der Waals surface area contributed by atoms with Gasteiger partial charge in [0.05, 0.1) is 5.60 Å². The number of piperidine rings is 1. The van der Waals surface area contributed by atoms with Crippen LogP contribution in [0.5, 0.6) is 0 Å². The van der Waals surface area contributed by atoms with E-state index in [-0.39, 0.29) is 5.92 Å². The first-order valence-corrected chi connectivity index (χ1v) is 6.43. The number of nitrogens with zero attached hydrogens (tertiary/aromatic N) is 1. The Labute approximate surface area is 104 Å². The molecule has 0 amide bonds. The van der Waals surface area contributed by atoms with E-state index in [9.17, 15) is 5.11 Å². The number of aryl methyl sites for hydroxylation is 1. The molecule has 1 heterocycles. The summed E-state index contributed by atoms with van der Waals surface area (Å²) in [5.41, 5.74) is 1.62. The minimum atomic E-state index is -0.669. The van der Waals surface area contributed by atoms with Gasteiger partial charge in [-0.3, -0.25) is 0 Å². The standard InChI is InChI=1S/C15H23NO/c1-11-6-5-7-14(8-11)15(17)9-13(3)16(4)10-12(15)2/h5-8,12-13,17H,9-10H2,1-4H3/t12-,13-,15+/m0/s1. The highest BCUT2D eigenvalue weighted by Crippen LogP contribution is 2.39. The van der Waals surface area contributed by atoms with Gasteiger partial charge in [0.15, 0.2) is 0 Å². The fourth-order valence-corrected chi connectivity index (χ4v) is 2.89. The van der Waals surface area contributed by atoms with Crippen molar-refractivity contribution in [2.75, 3.05) is 13.6 Å². The number of likely N-dealkylation sites (tertiary alicyclic amines) is 1. The second kappa shape index (κ2) is 4.43. The minimum Gasteiger partial charge on any atom is -0.385 e. The molecule has 1 saturated heterocycles. The summed E-state index contributed by atoms with van der Waals surface area (Å²) in [6, 6.07) is 8.72. The van der Waals surface area contributed by atoms with Crippen LogP contribution in [0.25, 0.3) is 0 Å². The zero-order valence-electron chi connectivity index (χ0n) is 11.3. The maximum Gasteiger partial charge on any atom is 0.0949 e. The Bertz CT molecular complexity index is 404. The summed E-state index contributed by atoms with van der Waals surface area (Å²) in [6.45, 7) is 7.36. The average Bonchev–Trinajstić information content (AvgIpc) is 2.26. The van der Waals surface area contributed by atoms with Crippen molar-refractivity contribution in [1.82, 2.24) is 4.90 Å². The molecule has 1 aliphatic heterocycles. The fraction of sp³-hybridized carbons (Fsp3) is 0.600. The van der Waals surface area contributed by atoms with Crippen LogP contribution in [0.3, 0.4) is 0 Å². The molecule has 0 spiro atoms. The van der Waals surface area contributed by atoms with E-state index in [0.717, 1.165) is 18.5 Å². The molecule has 1 aliphatic rings. The molecule has 1 N–H and O–H groups in total. The van der Waals surface area contributed by atoms with Crippen LogP contribution in [0, 0.1) is 12.8 Å². The van der Waals surface area contributed by atoms with Crippen LogP contribution >= 0.6 is 0 Å². The quantitative estimate of drug-likeness (QED) is 0.806. The van der Waals surface area contributed by atoms with Crippen molar-refractivity contribution < 1.29 is 5.11 Å². The summed E-state index contributed by atoms with van der Waals surface area (Å²) in [5.74, 6) is 0.269. The third kappa shape index (κ3) is 2.24. The summed E-state index contributed by atoms with van der Waals surface area (Å²) in [7, 11) is 2.14. The van der Waals surface area contributed by atoms with Gasteiger partial charge in [-0.1, -0.05) is 36.8 Å². The third-order valence-electron chi connectivity index (χ3n) is 4.25. The summed E-state index contributed by atoms with van der Waals surface area (Å²) >= 11 is 0. The van der Waals surface area contributed by atoms with Gasteiger partial charge >= 0.3 is 0 Å². The first kappa shape index (κ1) is 12.6. The number of rotatable bonds is 1. The fourth-order valence-electron chi connectivity index (χ4n) is 2.89. The van der Waals surface area contributed by atoms with E-state index in [1.54, 1.807) is 0 Å². The van der Waals surface area contributed by atoms with Crippen molar-refractivity contribution in [1.29, 1.82) is 0 Å². The van der Waals surface area contributed by atoms with E-state index in [1.807, 2.05) is 6.07 Å². The summed E-state index contributed by atoms with van der Waals surface area (Å²) < 4.78 is 0. The van der Waals surface area contributed by atoms with Gasteiger partial charge in [0.2, 0.25) is 0 Å². The molecule has 3 atom stereocenters. The molecule has 2 rings (SSSR count). The molecular formula is C15H23NO. The van der Waals surface area contributed by atoms with Crippen molar-refractivity contribution in [2.45, 2.75) is 38.8 Å². The molecule has 2 nitrogen and oxygen atoms in total. The van der Waals surface area contributed by atoms with Crippen LogP contribution in [0.1, 0.15) is 31.4 Å². The van der Waals surface area contributed by atoms with Crippen LogP contribution in [-0.4, -0.2) is 29.6 Å². The predicted octanol–water partition coefficient (Wildman–Crippen LogP) is 2.54. The van der Waals surface area contributed by atoms with E-state index in [4.69, 9.17) is 0 Å². The molecule has 0 saturated carbocycles. The first-order valence-electron chi connectivity index (χ1n) is 6.43. The molecule has 0 aromatic heterocycles. The van der Waals surface area contributed by atoms with Gasteiger partial charge in [-0.05, 0) is 32.9 Å². The van der Waals surface area contributed by atoms with Crippen molar-refractivity contribution in [2.24, 2.45) is 5.92 Å². The molecular weight excluding hydrogens is 210 g/mol. The maximum absolute atomic E-state index is 11.0. The lowest BCUT2D eigenvalue weighted by Crippen LogP contribution is -2.51. The van der Waals surface area contributed by atoms with E-state index in [2.05, 4.69) is 50.9 Å². The van der Waals surface area contributed by atoms with Gasteiger partial charge in [0, 0.05) is 18.5 Å². The van der Waals surface area contributed by atoms with E-state index >= 15 is 0 Å². The highest BCUT2D eigenvalue weighted by atomic mass is 16.3. The lowest BCUT2D eigenvalue weighted by Gasteiger charge is -2.46. The maximum atomic E-state index is 11.0. The highest BCUT2D eigenvalue weighted by Gasteiger charge is 2.42. The Kier molecular flexibility index (Phi) is 3.28. The molecule has 0 aliphatic carbocycles. The predicted molar refractivity (Wildman–Crippen MR) is 70.9 cm³/mol. The number of hydrogen-bond acceptors (Lipinski definition) is 2. The van der Waals surface area contributed by atoms with Gasteiger partial charge < -0.3 is 10.0 Å². The molecule has 2 heteroatoms. The highest BCUT2D eigenvalue weighted by molar-refractivity contribution is 5.29. The lowest BCUT2D eigenvalue weighted by atomic mass is 9.74. The first-order chi connectivity index (χ1) is 7.93. The van der Waals surface area contributed by atoms with E-state index in [1.165, 1.54) is 5.56 Å². The van der Waals surface area contributed by atoms with Crippen LogP contribution < -0.4 is 0 Å². The Morgan fingerprint density at radius 3 is 2.71 bits per heavy atom. The second-order valence-electron chi connectivity index (χ2n) is 5.69. The van der Waals surface area contributed by atoms with Crippen LogP contribution in [0.2, 0.25) is 0 Å². The normalized spacial score (nSPS) is 34.9. The molecule has 1 fully saturated rings. The molecule has 94 valence electrons. The topological polar surface area (TPSA) is 23.5 Å². The van der Waals surface area contributed by atoms with Crippen molar-refractivity contribution in [3.8, 4) is 0 Å². The van der Waals surface area contributed by atoms with Gasteiger partial charge in [-0.2, -0.15) is 0 Å². The van der Waals surface area contributed by atoms with Crippen molar-refractivity contribution >= 4 is 0 Å². The van der Waals surface area contributed by atoms with Gasteiger partial charge in [0.1, 0.15) is 0 Å². The Morgan fingerprint density at radius 2 is 2.06 bits per heavy atom. The lowest BCUT2D eigenvalue weighted by molar-refractivity contribution is -0.0843.